The normalized spacial score (nSPS) is 28.3. The smallest absolute Gasteiger partial charge is 0.205 e. The van der Waals surface area contributed by atoms with Crippen LogP contribution in [-0.4, -0.2) is 33.3 Å². The Hall–Kier alpha value is -1.86. The van der Waals surface area contributed by atoms with E-state index in [1.807, 2.05) is 13.8 Å². The van der Waals surface area contributed by atoms with Gasteiger partial charge in [-0.25, -0.2) is 0 Å². The first kappa shape index (κ1) is 33.1. The van der Waals surface area contributed by atoms with E-state index in [9.17, 15) is 0 Å². The van der Waals surface area contributed by atoms with Crippen molar-refractivity contribution in [1.82, 2.24) is 5.32 Å². The van der Waals surface area contributed by atoms with Gasteiger partial charge in [0.05, 0.1) is 19.3 Å². The molecule has 2 aromatic rings. The molecule has 2 aromatic carbocycles. The molecular formula is C39H59NO4Si. The summed E-state index contributed by atoms with van der Waals surface area (Å²) in [7, 11) is -2.02. The number of hydrogen-bond donors (Lipinski definition) is 1. The zero-order valence-electron chi connectivity index (χ0n) is 29.3. The molecule has 4 saturated carbocycles. The second-order valence-corrected chi connectivity index (χ2v) is 22.0. The number of benzene rings is 2. The monoisotopic (exact) mass is 633 g/mol. The number of fused-ring (bicyclic) bond motifs is 1. The molecule has 6 heteroatoms. The fraction of sp³-hybridized carbons (Fsp3) is 0.692. The molecule has 5 aliphatic rings. The van der Waals surface area contributed by atoms with Gasteiger partial charge in [0.25, 0.3) is 0 Å². The van der Waals surface area contributed by atoms with Crippen LogP contribution < -0.4 is 14.8 Å². The lowest BCUT2D eigenvalue weighted by molar-refractivity contribution is -0.180. The molecule has 4 bridgehead atoms. The Balaban J connectivity index is 1.06. The number of ether oxygens (including phenoxy) is 3. The van der Waals surface area contributed by atoms with Crippen LogP contribution in [0, 0.1) is 23.2 Å². The van der Waals surface area contributed by atoms with Gasteiger partial charge in [0.2, 0.25) is 5.79 Å². The van der Waals surface area contributed by atoms with Crippen molar-refractivity contribution in [1.29, 1.82) is 0 Å². The van der Waals surface area contributed by atoms with Gasteiger partial charge in [0, 0.05) is 32.0 Å². The van der Waals surface area contributed by atoms with Gasteiger partial charge in [-0.1, -0.05) is 39.0 Å². The van der Waals surface area contributed by atoms with E-state index >= 15 is 0 Å². The van der Waals surface area contributed by atoms with Gasteiger partial charge in [0.1, 0.15) is 11.5 Å². The third-order valence-electron chi connectivity index (χ3n) is 11.8. The van der Waals surface area contributed by atoms with E-state index in [0.29, 0.717) is 18.1 Å². The molecule has 0 radical (unpaired) electrons. The van der Waals surface area contributed by atoms with Crippen molar-refractivity contribution < 1.29 is 18.6 Å². The van der Waals surface area contributed by atoms with Crippen molar-refractivity contribution in [2.24, 2.45) is 23.2 Å². The number of hydrogen-bond acceptors (Lipinski definition) is 5. The predicted molar refractivity (Wildman–Crippen MR) is 185 cm³/mol. The van der Waals surface area contributed by atoms with Gasteiger partial charge in [-0.15, -0.1) is 0 Å². The predicted octanol–water partition coefficient (Wildman–Crippen LogP) is 9.60. The molecular weight excluding hydrogens is 575 g/mol. The molecule has 0 amide bonds. The molecule has 1 aliphatic heterocycles. The van der Waals surface area contributed by atoms with Gasteiger partial charge >= 0.3 is 0 Å². The highest BCUT2D eigenvalue weighted by atomic mass is 28.4. The minimum Gasteiger partial charge on any atom is -0.494 e. The van der Waals surface area contributed by atoms with Crippen LogP contribution >= 0.6 is 0 Å². The van der Waals surface area contributed by atoms with Gasteiger partial charge < -0.3 is 24.0 Å². The first-order chi connectivity index (χ1) is 21.2. The van der Waals surface area contributed by atoms with Crippen LogP contribution in [0.1, 0.15) is 109 Å². The average Bonchev–Trinajstić information content (AvgIpc) is 2.93. The zero-order valence-corrected chi connectivity index (χ0v) is 30.3. The van der Waals surface area contributed by atoms with Crippen molar-refractivity contribution in [2.75, 3.05) is 13.2 Å². The van der Waals surface area contributed by atoms with Gasteiger partial charge in [-0.05, 0) is 135 Å². The van der Waals surface area contributed by atoms with E-state index in [1.54, 1.807) is 0 Å². The maximum Gasteiger partial charge on any atom is 0.205 e. The molecule has 0 saturated heterocycles. The van der Waals surface area contributed by atoms with Crippen LogP contribution in [0.2, 0.25) is 18.1 Å². The fourth-order valence-corrected chi connectivity index (χ4v) is 10.1. The topological polar surface area (TPSA) is 49.0 Å². The van der Waals surface area contributed by atoms with E-state index in [-0.39, 0.29) is 11.1 Å². The molecule has 1 heterocycles. The average molecular weight is 634 g/mol. The van der Waals surface area contributed by atoms with Crippen molar-refractivity contribution >= 4 is 8.32 Å². The van der Waals surface area contributed by atoms with E-state index in [1.165, 1.54) is 56.1 Å². The van der Waals surface area contributed by atoms with Crippen LogP contribution in [0.3, 0.4) is 0 Å². The van der Waals surface area contributed by atoms with E-state index in [4.69, 9.17) is 18.6 Å². The maximum absolute atomic E-state index is 7.05. The number of rotatable bonds is 12. The summed E-state index contributed by atoms with van der Waals surface area (Å²) in [5, 5.41) is 3.95. The summed E-state index contributed by atoms with van der Waals surface area (Å²) < 4.78 is 25.5. The quantitative estimate of drug-likeness (QED) is 0.236. The van der Waals surface area contributed by atoms with Crippen molar-refractivity contribution in [2.45, 2.75) is 136 Å². The Morgan fingerprint density at radius 3 is 2.33 bits per heavy atom. The highest BCUT2D eigenvalue weighted by molar-refractivity contribution is 6.74. The van der Waals surface area contributed by atoms with Crippen LogP contribution in [0.4, 0.5) is 0 Å². The van der Waals surface area contributed by atoms with Crippen LogP contribution in [0.25, 0.3) is 0 Å². The van der Waals surface area contributed by atoms with Crippen molar-refractivity contribution in [3.05, 3.63) is 59.2 Å². The SMILES string of the molecule is C[C@H](Cc1cccc(OCCC23CC4CC(CC(C4)C2)C3)c1)NC[C@@H](O[Si](C)(C)C(C)(C)C)c1ccc2c(c1)COC(C)(C)O2. The lowest BCUT2D eigenvalue weighted by Gasteiger charge is -2.57. The second-order valence-electron chi connectivity index (χ2n) is 17.2. The summed E-state index contributed by atoms with van der Waals surface area (Å²) >= 11 is 0. The van der Waals surface area contributed by atoms with E-state index < -0.39 is 14.1 Å². The minimum atomic E-state index is -2.02. The van der Waals surface area contributed by atoms with Gasteiger partial charge in [-0.3, -0.25) is 0 Å². The van der Waals surface area contributed by atoms with E-state index in [2.05, 4.69) is 88.6 Å². The Bertz CT molecular complexity index is 1300. The molecule has 45 heavy (non-hydrogen) atoms. The standard InChI is InChI=1S/C39H59NO4Si/c1-27(16-28-10-9-11-34(20-28)41-15-14-39-22-29-17-30(23-39)19-31(18-29)24-39)40-25-36(44-45(7,8)37(2,3)4)32-12-13-35-33(21-32)26-42-38(5,6)43-35/h9-13,20-21,27,29-31,36,40H,14-19,22-26H2,1-8H3/t27-,29?,30?,31?,36-,39?/m1/s1. The molecule has 5 nitrogen and oxygen atoms in total. The molecule has 4 fully saturated rings. The summed E-state index contributed by atoms with van der Waals surface area (Å²) in [6.07, 6.45) is 11.0. The third-order valence-corrected chi connectivity index (χ3v) is 16.3. The molecule has 248 valence electrons. The summed E-state index contributed by atoms with van der Waals surface area (Å²) in [5.74, 6) is 4.33. The summed E-state index contributed by atoms with van der Waals surface area (Å²) in [5.41, 5.74) is 4.15. The summed E-state index contributed by atoms with van der Waals surface area (Å²) in [6, 6.07) is 15.6. The van der Waals surface area contributed by atoms with Gasteiger partial charge in [-0.2, -0.15) is 0 Å². The Kier molecular flexibility index (Phi) is 9.28. The molecule has 4 aliphatic carbocycles. The highest BCUT2D eigenvalue weighted by Gasteiger charge is 2.50. The van der Waals surface area contributed by atoms with E-state index in [0.717, 1.165) is 54.4 Å². The maximum atomic E-state index is 7.05. The Morgan fingerprint density at radius 1 is 0.978 bits per heavy atom. The molecule has 0 aromatic heterocycles. The van der Waals surface area contributed by atoms with Crippen LogP contribution in [0.5, 0.6) is 11.5 Å². The minimum absolute atomic E-state index is 0.0483. The van der Waals surface area contributed by atoms with Gasteiger partial charge in [0.15, 0.2) is 8.32 Å². The summed E-state index contributed by atoms with van der Waals surface area (Å²) in [6.45, 7) is 20.0. The fourth-order valence-electron chi connectivity index (χ4n) is 8.80. The van der Waals surface area contributed by atoms with Crippen LogP contribution in [-0.2, 0) is 22.2 Å². The Labute approximate surface area is 274 Å². The molecule has 0 spiro atoms. The molecule has 1 N–H and O–H groups in total. The number of nitrogens with one attached hydrogen (secondary N) is 1. The molecule has 2 atom stereocenters. The molecule has 0 unspecified atom stereocenters. The second kappa shape index (κ2) is 12.6. The highest BCUT2D eigenvalue weighted by Crippen LogP contribution is 2.61. The lowest BCUT2D eigenvalue weighted by Crippen LogP contribution is -2.46. The summed E-state index contributed by atoms with van der Waals surface area (Å²) in [4.78, 5) is 0. The third kappa shape index (κ3) is 7.83. The first-order valence-electron chi connectivity index (χ1n) is 17.8. The molecule has 7 rings (SSSR count). The zero-order chi connectivity index (χ0) is 32.0. The van der Waals surface area contributed by atoms with Crippen LogP contribution in [0.15, 0.2) is 42.5 Å². The Morgan fingerprint density at radius 2 is 1.67 bits per heavy atom. The van der Waals surface area contributed by atoms with Crippen molar-refractivity contribution in [3.63, 3.8) is 0 Å². The first-order valence-corrected chi connectivity index (χ1v) is 20.7. The largest absolute Gasteiger partial charge is 0.494 e. The van der Waals surface area contributed by atoms with Crippen molar-refractivity contribution in [3.8, 4) is 11.5 Å². The lowest BCUT2D eigenvalue weighted by atomic mass is 9.49.